The topological polar surface area (TPSA) is 40.5 Å². The quantitative estimate of drug-likeness (QED) is 0.642. The number of nitrogens with zero attached hydrogens (tertiary/aromatic N) is 1. The fraction of sp³-hybridized carbons (Fsp3) is 0.667. The number of allylic oxidation sites excluding steroid dienone is 1. The first-order valence-electron chi connectivity index (χ1n) is 4.33. The molecule has 68 valence electrons. The van der Waals surface area contributed by atoms with E-state index in [4.69, 9.17) is 5.11 Å². The van der Waals surface area contributed by atoms with Gasteiger partial charge in [-0.2, -0.15) is 0 Å². The Hall–Kier alpha value is -0.990. The Morgan fingerprint density at radius 1 is 1.58 bits per heavy atom. The Kier molecular flexibility index (Phi) is 3.14. The molecule has 3 heteroatoms. The van der Waals surface area contributed by atoms with E-state index in [1.165, 1.54) is 4.90 Å². The second kappa shape index (κ2) is 4.14. The molecule has 1 fully saturated rings. The van der Waals surface area contributed by atoms with Gasteiger partial charge >= 0.3 is 6.09 Å². The van der Waals surface area contributed by atoms with E-state index in [0.717, 1.165) is 19.3 Å². The van der Waals surface area contributed by atoms with Gasteiger partial charge < -0.3 is 10.0 Å². The van der Waals surface area contributed by atoms with Crippen molar-refractivity contribution < 1.29 is 9.90 Å². The van der Waals surface area contributed by atoms with Crippen LogP contribution >= 0.6 is 0 Å². The average Bonchev–Trinajstić information content (AvgIpc) is 2.06. The molecule has 0 aromatic rings. The van der Waals surface area contributed by atoms with Gasteiger partial charge in [-0.25, -0.2) is 4.79 Å². The van der Waals surface area contributed by atoms with E-state index < -0.39 is 6.09 Å². The van der Waals surface area contributed by atoms with Gasteiger partial charge in [-0.3, -0.25) is 0 Å². The van der Waals surface area contributed by atoms with E-state index in [2.05, 4.69) is 6.58 Å². The number of hydrogen-bond acceptors (Lipinski definition) is 1. The van der Waals surface area contributed by atoms with Crippen molar-refractivity contribution in [3.8, 4) is 0 Å². The van der Waals surface area contributed by atoms with Gasteiger partial charge in [0, 0.05) is 13.1 Å². The van der Waals surface area contributed by atoms with Crippen molar-refractivity contribution >= 4 is 6.09 Å². The zero-order valence-corrected chi connectivity index (χ0v) is 7.20. The van der Waals surface area contributed by atoms with E-state index in [1.807, 2.05) is 6.08 Å². The molecule has 0 atom stereocenters. The fourth-order valence-electron chi connectivity index (χ4n) is 1.60. The van der Waals surface area contributed by atoms with Crippen LogP contribution in [0, 0.1) is 5.92 Å². The minimum absolute atomic E-state index is 0.651. The molecule has 0 saturated carbocycles. The van der Waals surface area contributed by atoms with Crippen LogP contribution in [0.15, 0.2) is 12.7 Å². The Morgan fingerprint density at radius 2 is 2.17 bits per heavy atom. The third kappa shape index (κ3) is 2.26. The molecule has 0 unspecified atom stereocenters. The molecule has 0 aromatic heterocycles. The Labute approximate surface area is 72.7 Å². The van der Waals surface area contributed by atoms with Crippen molar-refractivity contribution in [1.82, 2.24) is 4.90 Å². The molecule has 0 bridgehead atoms. The molecule has 1 saturated heterocycles. The maximum Gasteiger partial charge on any atom is 0.407 e. The third-order valence-corrected chi connectivity index (χ3v) is 2.39. The average molecular weight is 169 g/mol. The third-order valence-electron chi connectivity index (χ3n) is 2.39. The summed E-state index contributed by atoms with van der Waals surface area (Å²) in [7, 11) is 0. The molecule has 1 aliphatic heterocycles. The zero-order valence-electron chi connectivity index (χ0n) is 7.20. The minimum atomic E-state index is -0.785. The lowest BCUT2D eigenvalue weighted by Crippen LogP contribution is -2.37. The van der Waals surface area contributed by atoms with Gasteiger partial charge in [0.25, 0.3) is 0 Å². The van der Waals surface area contributed by atoms with Crippen molar-refractivity contribution in [3.63, 3.8) is 0 Å². The van der Waals surface area contributed by atoms with Crippen LogP contribution in [-0.2, 0) is 0 Å². The SMILES string of the molecule is C=CCC1CCN(C(=O)O)CC1. The molecule has 0 spiro atoms. The van der Waals surface area contributed by atoms with Crippen molar-refractivity contribution in [1.29, 1.82) is 0 Å². The summed E-state index contributed by atoms with van der Waals surface area (Å²) < 4.78 is 0. The number of rotatable bonds is 2. The Balaban J connectivity index is 2.29. The fourth-order valence-corrected chi connectivity index (χ4v) is 1.60. The second-order valence-electron chi connectivity index (χ2n) is 3.24. The molecule has 0 radical (unpaired) electrons. The van der Waals surface area contributed by atoms with Crippen LogP contribution in [0.3, 0.4) is 0 Å². The van der Waals surface area contributed by atoms with Crippen molar-refractivity contribution in [2.75, 3.05) is 13.1 Å². The number of carbonyl (C=O) groups is 1. The van der Waals surface area contributed by atoms with E-state index in [0.29, 0.717) is 19.0 Å². The van der Waals surface area contributed by atoms with Crippen LogP contribution in [0.5, 0.6) is 0 Å². The van der Waals surface area contributed by atoms with Gasteiger partial charge in [-0.1, -0.05) is 6.08 Å². The predicted octanol–water partition coefficient (Wildman–Crippen LogP) is 1.95. The number of amides is 1. The van der Waals surface area contributed by atoms with Crippen LogP contribution < -0.4 is 0 Å². The monoisotopic (exact) mass is 169 g/mol. The van der Waals surface area contributed by atoms with Crippen LogP contribution in [-0.4, -0.2) is 29.2 Å². The molecule has 1 aliphatic rings. The molecule has 0 aromatic carbocycles. The minimum Gasteiger partial charge on any atom is -0.465 e. The van der Waals surface area contributed by atoms with E-state index in [1.54, 1.807) is 0 Å². The summed E-state index contributed by atoms with van der Waals surface area (Å²) in [6.45, 7) is 5.06. The maximum absolute atomic E-state index is 10.5. The lowest BCUT2D eigenvalue weighted by atomic mass is 9.94. The van der Waals surface area contributed by atoms with Gasteiger partial charge in [0.05, 0.1) is 0 Å². The summed E-state index contributed by atoms with van der Waals surface area (Å²) in [6, 6.07) is 0. The number of likely N-dealkylation sites (tertiary alicyclic amines) is 1. The Bertz CT molecular complexity index is 171. The lowest BCUT2D eigenvalue weighted by Gasteiger charge is -2.29. The maximum atomic E-state index is 10.5. The first-order valence-corrected chi connectivity index (χ1v) is 4.33. The van der Waals surface area contributed by atoms with Crippen LogP contribution in [0.4, 0.5) is 4.79 Å². The van der Waals surface area contributed by atoms with Crippen LogP contribution in [0.2, 0.25) is 0 Å². The van der Waals surface area contributed by atoms with Gasteiger partial charge in [0.1, 0.15) is 0 Å². The van der Waals surface area contributed by atoms with E-state index in [9.17, 15) is 4.79 Å². The van der Waals surface area contributed by atoms with Crippen LogP contribution in [0.25, 0.3) is 0 Å². The highest BCUT2D eigenvalue weighted by atomic mass is 16.4. The smallest absolute Gasteiger partial charge is 0.407 e. The van der Waals surface area contributed by atoms with Crippen molar-refractivity contribution in [2.24, 2.45) is 5.92 Å². The second-order valence-corrected chi connectivity index (χ2v) is 3.24. The summed E-state index contributed by atoms with van der Waals surface area (Å²) in [6.07, 6.45) is 4.12. The number of hydrogen-bond donors (Lipinski definition) is 1. The Morgan fingerprint density at radius 3 is 2.58 bits per heavy atom. The molecule has 1 N–H and O–H groups in total. The normalized spacial score (nSPS) is 19.2. The summed E-state index contributed by atoms with van der Waals surface area (Å²) in [4.78, 5) is 12.0. The lowest BCUT2D eigenvalue weighted by molar-refractivity contribution is 0.125. The number of piperidine rings is 1. The van der Waals surface area contributed by atoms with Gasteiger partial charge in [-0.15, -0.1) is 6.58 Å². The summed E-state index contributed by atoms with van der Waals surface area (Å²) in [5.74, 6) is 0.651. The summed E-state index contributed by atoms with van der Waals surface area (Å²) >= 11 is 0. The molecule has 1 amide bonds. The van der Waals surface area contributed by atoms with Crippen molar-refractivity contribution in [2.45, 2.75) is 19.3 Å². The highest BCUT2D eigenvalue weighted by molar-refractivity contribution is 5.64. The zero-order chi connectivity index (χ0) is 8.97. The van der Waals surface area contributed by atoms with E-state index in [-0.39, 0.29) is 0 Å². The van der Waals surface area contributed by atoms with E-state index >= 15 is 0 Å². The molecular formula is C9H15NO2. The first kappa shape index (κ1) is 9.10. The van der Waals surface area contributed by atoms with Gasteiger partial charge in [0.15, 0.2) is 0 Å². The predicted molar refractivity (Wildman–Crippen MR) is 47.1 cm³/mol. The molecule has 0 aliphatic carbocycles. The summed E-state index contributed by atoms with van der Waals surface area (Å²) in [5.41, 5.74) is 0. The first-order chi connectivity index (χ1) is 5.74. The molecule has 1 heterocycles. The van der Waals surface area contributed by atoms with Gasteiger partial charge in [-0.05, 0) is 25.2 Å². The van der Waals surface area contributed by atoms with Crippen molar-refractivity contribution in [3.05, 3.63) is 12.7 Å². The molecule has 1 rings (SSSR count). The van der Waals surface area contributed by atoms with Crippen LogP contribution in [0.1, 0.15) is 19.3 Å². The standard InChI is InChI=1S/C9H15NO2/c1-2-3-8-4-6-10(7-5-8)9(11)12/h2,8H,1,3-7H2,(H,11,12). The highest BCUT2D eigenvalue weighted by Gasteiger charge is 2.20. The highest BCUT2D eigenvalue weighted by Crippen LogP contribution is 2.20. The van der Waals surface area contributed by atoms with Gasteiger partial charge in [0.2, 0.25) is 0 Å². The molecular weight excluding hydrogens is 154 g/mol. The largest absolute Gasteiger partial charge is 0.465 e. The molecule has 3 nitrogen and oxygen atoms in total. The number of carboxylic acid groups (broad SMARTS) is 1. The summed E-state index contributed by atoms with van der Waals surface area (Å²) in [5, 5.41) is 8.66. The molecule has 12 heavy (non-hydrogen) atoms.